The minimum atomic E-state index is 0.548. The predicted molar refractivity (Wildman–Crippen MR) is 244 cm³/mol. The molecule has 0 amide bonds. The highest BCUT2D eigenvalue weighted by molar-refractivity contribution is 9.11. The van der Waals surface area contributed by atoms with Crippen molar-refractivity contribution in [3.05, 3.63) is 201 Å². The number of hydrogen-bond acceptors (Lipinski definition) is 4. The van der Waals surface area contributed by atoms with Gasteiger partial charge < -0.3 is 24.3 Å². The number of nitrogens with one attached hydrogen (secondary N) is 1. The molecule has 0 fully saturated rings. The van der Waals surface area contributed by atoms with Crippen LogP contribution in [0.1, 0.15) is 0 Å². The van der Waals surface area contributed by atoms with E-state index in [1.54, 1.807) is 0 Å². The number of ether oxygens (including phenoxy) is 2. The van der Waals surface area contributed by atoms with Crippen LogP contribution < -0.4 is 19.3 Å². The maximum absolute atomic E-state index is 6.79. The fourth-order valence-corrected chi connectivity index (χ4v) is 8.36. The summed E-state index contributed by atoms with van der Waals surface area (Å²) in [6.07, 6.45) is 0. The first-order valence-corrected chi connectivity index (χ1v) is 20.4. The van der Waals surface area contributed by atoms with Gasteiger partial charge in [0.1, 0.15) is 23.0 Å². The molecule has 0 aliphatic carbocycles. The number of aromatic amines is 1. The van der Waals surface area contributed by atoms with E-state index in [1.807, 2.05) is 121 Å². The lowest BCUT2D eigenvalue weighted by atomic mass is 10.1. The molecule has 0 aliphatic heterocycles. The summed E-state index contributed by atoms with van der Waals surface area (Å²) in [5.41, 5.74) is 7.43. The number of rotatable bonds is 10. The molecule has 5 nitrogen and oxygen atoms in total. The van der Waals surface area contributed by atoms with E-state index in [1.165, 1.54) is 0 Å². The molecule has 1 N–H and O–H groups in total. The number of nitrogens with zero attached hydrogens (tertiary/aromatic N) is 2. The number of halogens is 4. The summed E-state index contributed by atoms with van der Waals surface area (Å²) in [4.78, 5) is 8.08. The lowest BCUT2D eigenvalue weighted by molar-refractivity contribution is 0.479. The Kier molecular flexibility index (Phi) is 10.4. The molecule has 0 bridgehead atoms. The highest BCUT2D eigenvalue weighted by Crippen LogP contribution is 2.48. The molecule has 9 heteroatoms. The Hall–Kier alpha value is -5.70. The van der Waals surface area contributed by atoms with Gasteiger partial charge in [-0.05, 0) is 117 Å². The van der Waals surface area contributed by atoms with Crippen LogP contribution in [-0.4, -0.2) is 4.98 Å². The first kappa shape index (κ1) is 36.9. The summed E-state index contributed by atoms with van der Waals surface area (Å²) >= 11 is 21.3. The van der Waals surface area contributed by atoms with Crippen molar-refractivity contribution in [2.24, 2.45) is 0 Å². The van der Waals surface area contributed by atoms with E-state index < -0.39 is 0 Å². The van der Waals surface area contributed by atoms with Gasteiger partial charge >= 0.3 is 0 Å². The quantitative estimate of drug-likeness (QED) is 0.148. The number of fused-ring (bicyclic) bond motifs is 3. The Bertz CT molecular complexity index is 2660. The molecule has 9 aromatic rings. The summed E-state index contributed by atoms with van der Waals surface area (Å²) in [5.74, 6) is 2.64. The minimum absolute atomic E-state index is 0.548. The fraction of sp³-hybridized carbons (Fsp3) is 0. The molecule has 0 saturated carbocycles. The molecule has 9 rings (SSSR count). The van der Waals surface area contributed by atoms with Crippen LogP contribution >= 0.6 is 55.1 Å². The van der Waals surface area contributed by atoms with E-state index in [9.17, 15) is 0 Å². The molecule has 0 radical (unpaired) electrons. The van der Waals surface area contributed by atoms with Gasteiger partial charge in [0.2, 0.25) is 0 Å². The number of anilines is 6. The van der Waals surface area contributed by atoms with Crippen LogP contribution in [0.2, 0.25) is 10.0 Å². The van der Waals surface area contributed by atoms with Crippen LogP contribution in [0.5, 0.6) is 23.0 Å². The van der Waals surface area contributed by atoms with Gasteiger partial charge in [0.15, 0.2) is 0 Å². The second kappa shape index (κ2) is 16.0. The van der Waals surface area contributed by atoms with Crippen LogP contribution in [0.25, 0.3) is 21.8 Å². The Balaban J connectivity index is 1.15. The third-order valence-corrected chi connectivity index (χ3v) is 11.5. The molecule has 0 saturated heterocycles. The zero-order valence-corrected chi connectivity index (χ0v) is 34.7. The summed E-state index contributed by atoms with van der Waals surface area (Å²) in [6.45, 7) is 0. The molecule has 0 atom stereocenters. The topological polar surface area (TPSA) is 40.7 Å². The van der Waals surface area contributed by atoms with Gasteiger partial charge in [-0.25, -0.2) is 0 Å². The fourth-order valence-electron chi connectivity index (χ4n) is 6.98. The van der Waals surface area contributed by atoms with Crippen molar-refractivity contribution in [3.8, 4) is 23.0 Å². The normalized spacial score (nSPS) is 11.2. The average molecular weight is 913 g/mol. The molecule has 278 valence electrons. The van der Waals surface area contributed by atoms with Crippen molar-refractivity contribution >= 4 is 111 Å². The Morgan fingerprint density at radius 2 is 0.772 bits per heavy atom. The number of para-hydroxylation sites is 4. The Morgan fingerprint density at radius 1 is 0.404 bits per heavy atom. The van der Waals surface area contributed by atoms with Gasteiger partial charge in [-0.3, -0.25) is 0 Å². The zero-order chi connectivity index (χ0) is 38.9. The van der Waals surface area contributed by atoms with Crippen molar-refractivity contribution in [1.82, 2.24) is 4.98 Å². The molecule has 57 heavy (non-hydrogen) atoms. The molecular weight excluding hydrogens is 881 g/mol. The summed E-state index contributed by atoms with van der Waals surface area (Å²) < 4.78 is 14.2. The van der Waals surface area contributed by atoms with Gasteiger partial charge in [0, 0.05) is 66.7 Å². The van der Waals surface area contributed by atoms with E-state index in [0.29, 0.717) is 33.0 Å². The second-order valence-corrected chi connectivity index (χ2v) is 15.7. The molecule has 1 aromatic heterocycles. The Labute approximate surface area is 356 Å². The van der Waals surface area contributed by atoms with Gasteiger partial charge in [-0.2, -0.15) is 0 Å². The minimum Gasteiger partial charge on any atom is -0.456 e. The van der Waals surface area contributed by atoms with Crippen LogP contribution in [-0.2, 0) is 0 Å². The third-order valence-electron chi connectivity index (χ3n) is 9.50. The van der Waals surface area contributed by atoms with Crippen molar-refractivity contribution in [3.63, 3.8) is 0 Å². The van der Waals surface area contributed by atoms with E-state index >= 15 is 0 Å². The second-order valence-electron chi connectivity index (χ2n) is 13.2. The van der Waals surface area contributed by atoms with Crippen molar-refractivity contribution in [2.75, 3.05) is 9.80 Å². The summed E-state index contributed by atoms with van der Waals surface area (Å²) in [5, 5.41) is 3.29. The molecule has 0 spiro atoms. The lowest BCUT2D eigenvalue weighted by Crippen LogP contribution is -2.11. The van der Waals surface area contributed by atoms with Crippen LogP contribution in [0.3, 0.4) is 0 Å². The van der Waals surface area contributed by atoms with E-state index in [2.05, 4.69) is 107 Å². The number of aromatic nitrogens is 1. The smallest absolute Gasteiger partial charge is 0.145 e. The van der Waals surface area contributed by atoms with Crippen molar-refractivity contribution in [2.45, 2.75) is 0 Å². The molecular formula is C48H31Br2Cl2N3O2. The zero-order valence-electron chi connectivity index (χ0n) is 30.0. The van der Waals surface area contributed by atoms with Crippen LogP contribution in [0.4, 0.5) is 34.1 Å². The van der Waals surface area contributed by atoms with Crippen molar-refractivity contribution < 1.29 is 9.47 Å². The summed E-state index contributed by atoms with van der Waals surface area (Å²) in [7, 11) is 0. The highest BCUT2D eigenvalue weighted by atomic mass is 79.9. The lowest BCUT2D eigenvalue weighted by Gasteiger charge is -2.27. The van der Waals surface area contributed by atoms with E-state index in [-0.39, 0.29) is 0 Å². The monoisotopic (exact) mass is 909 g/mol. The molecule has 0 unspecified atom stereocenters. The van der Waals surface area contributed by atoms with Crippen LogP contribution in [0.15, 0.2) is 191 Å². The van der Waals surface area contributed by atoms with E-state index in [0.717, 1.165) is 64.9 Å². The summed E-state index contributed by atoms with van der Waals surface area (Å²) in [6, 6.07) is 60.3. The van der Waals surface area contributed by atoms with Crippen molar-refractivity contribution in [1.29, 1.82) is 0 Å². The molecule has 0 aliphatic rings. The first-order valence-electron chi connectivity index (χ1n) is 18.1. The number of benzene rings is 8. The highest BCUT2D eigenvalue weighted by Gasteiger charge is 2.23. The SMILES string of the molecule is Clc1cc(Oc2ccccc2)c(Br)c(N(c2ccccc2)c2ccc3c(c2)[nH]c2cc(N(c4ccccc4)c4cc(Cl)cc(Oc5ccccc5)c4Br)ccc23)c1. The number of H-pyrrole nitrogens is 1. The predicted octanol–water partition coefficient (Wildman–Crippen LogP) is 16.7. The molecule has 8 aromatic carbocycles. The molecule has 1 heterocycles. The largest absolute Gasteiger partial charge is 0.456 e. The maximum atomic E-state index is 6.79. The third kappa shape index (κ3) is 7.59. The number of hydrogen-bond donors (Lipinski definition) is 1. The van der Waals surface area contributed by atoms with Gasteiger partial charge in [-0.1, -0.05) is 108 Å². The van der Waals surface area contributed by atoms with Crippen LogP contribution in [0, 0.1) is 0 Å². The standard InChI is InChI=1S/C48H31Br2Cl2N3O2/c49-47-43(25-31(51)27-45(47)56-37-17-9-3-10-18-37)54(33-13-5-1-6-14-33)35-21-23-39-40-24-22-36(30-42(40)53-41(39)29-35)55(34-15-7-2-8-16-34)44-26-32(52)28-46(48(44)50)57-38-19-11-4-12-20-38/h1-30,53H. The van der Waals surface area contributed by atoms with Gasteiger partial charge in [0.05, 0.1) is 20.3 Å². The maximum Gasteiger partial charge on any atom is 0.145 e. The first-order chi connectivity index (χ1) is 27.9. The Morgan fingerprint density at radius 3 is 1.16 bits per heavy atom. The van der Waals surface area contributed by atoms with Gasteiger partial charge in [-0.15, -0.1) is 0 Å². The van der Waals surface area contributed by atoms with Gasteiger partial charge in [0.25, 0.3) is 0 Å². The average Bonchev–Trinajstić information content (AvgIpc) is 3.60. The van der Waals surface area contributed by atoms with E-state index in [4.69, 9.17) is 32.7 Å².